The minimum absolute atomic E-state index is 0.0700. The van der Waals surface area contributed by atoms with E-state index < -0.39 is 11.9 Å². The minimum Gasteiger partial charge on any atom is -0.478 e. The number of benzene rings is 3. The Kier molecular flexibility index (Phi) is 7.90. The summed E-state index contributed by atoms with van der Waals surface area (Å²) in [5, 5.41) is 23.2. The van der Waals surface area contributed by atoms with Gasteiger partial charge in [0.15, 0.2) is 0 Å². The maximum Gasteiger partial charge on any atom is 0.336 e. The van der Waals surface area contributed by atoms with E-state index in [4.69, 9.17) is 15.6 Å². The molecular formula is C30H28N4O5. The topological polar surface area (TPSA) is 159 Å². The van der Waals surface area contributed by atoms with E-state index in [-0.39, 0.29) is 40.0 Å². The van der Waals surface area contributed by atoms with Crippen LogP contribution in [0.5, 0.6) is 0 Å². The fourth-order valence-electron chi connectivity index (χ4n) is 4.00. The second kappa shape index (κ2) is 11.5. The van der Waals surface area contributed by atoms with E-state index in [1.807, 2.05) is 13.8 Å². The quantitative estimate of drug-likeness (QED) is 0.146. The first-order chi connectivity index (χ1) is 18.7. The summed E-state index contributed by atoms with van der Waals surface area (Å²) in [7, 11) is 0. The highest BCUT2D eigenvalue weighted by molar-refractivity contribution is 6.11. The number of nitrogens with one attached hydrogen (secondary N) is 3. The number of hydrogen-bond acceptors (Lipinski definition) is 5. The smallest absolute Gasteiger partial charge is 0.336 e. The number of carbonyl (C=O) groups is 3. The third-order valence-electron chi connectivity index (χ3n) is 6.32. The molecule has 1 unspecified atom stereocenters. The lowest BCUT2D eigenvalue weighted by Crippen LogP contribution is -2.32. The Bertz CT molecular complexity index is 1540. The van der Waals surface area contributed by atoms with Crippen molar-refractivity contribution in [3.05, 3.63) is 101 Å². The third kappa shape index (κ3) is 6.04. The highest BCUT2D eigenvalue weighted by Crippen LogP contribution is 2.33. The van der Waals surface area contributed by atoms with Crippen LogP contribution in [0, 0.1) is 5.41 Å². The van der Waals surface area contributed by atoms with Gasteiger partial charge >= 0.3 is 5.97 Å². The zero-order valence-corrected chi connectivity index (χ0v) is 21.4. The van der Waals surface area contributed by atoms with Crippen LogP contribution in [0.1, 0.15) is 56.9 Å². The van der Waals surface area contributed by atoms with E-state index in [1.54, 1.807) is 60.7 Å². The van der Waals surface area contributed by atoms with Crippen LogP contribution in [0.15, 0.2) is 83.5 Å². The molecule has 39 heavy (non-hydrogen) atoms. The molecule has 0 aliphatic carbocycles. The second-order valence-corrected chi connectivity index (χ2v) is 9.03. The highest BCUT2D eigenvalue weighted by atomic mass is 16.4. The Morgan fingerprint density at radius 3 is 2.21 bits per heavy atom. The summed E-state index contributed by atoms with van der Waals surface area (Å²) in [6.45, 7) is 3.80. The van der Waals surface area contributed by atoms with Gasteiger partial charge in [0.2, 0.25) is 0 Å². The van der Waals surface area contributed by atoms with Crippen LogP contribution in [0.25, 0.3) is 22.5 Å². The summed E-state index contributed by atoms with van der Waals surface area (Å²) in [6.07, 6.45) is 2.25. The highest BCUT2D eigenvalue weighted by Gasteiger charge is 2.22. The number of carboxylic acid groups (broad SMARTS) is 1. The monoisotopic (exact) mass is 524 g/mol. The van der Waals surface area contributed by atoms with E-state index in [0.29, 0.717) is 28.1 Å². The number of nitrogen functional groups attached to an aromatic ring is 1. The standard InChI is InChI=1S/C30H28N4O5/c1-3-17(2)33-28(35)20-9-13-23(25(16-20)30(37)38)22-12-8-19(26-5-4-14-39-26)15-24(22)29(36)34-21-10-6-18(7-11-21)27(31)32/h4-17H,3H2,1-2H3,(H3,31,32)(H,33,35)(H,34,36)(H,37,38). The van der Waals surface area contributed by atoms with Gasteiger partial charge < -0.3 is 25.9 Å². The Hall–Kier alpha value is -5.18. The van der Waals surface area contributed by atoms with Crippen LogP contribution in [-0.2, 0) is 0 Å². The third-order valence-corrected chi connectivity index (χ3v) is 6.32. The SMILES string of the molecule is CCC(C)NC(=O)c1ccc(-c2ccc(-c3ccco3)cc2C(=O)Nc2ccc(C(=N)N)cc2)c(C(=O)O)c1. The minimum atomic E-state index is -1.23. The molecule has 198 valence electrons. The molecule has 0 aliphatic heterocycles. The summed E-state index contributed by atoms with van der Waals surface area (Å²) in [5.74, 6) is -1.65. The largest absolute Gasteiger partial charge is 0.478 e. The maximum absolute atomic E-state index is 13.5. The molecule has 0 bridgehead atoms. The van der Waals surface area contributed by atoms with Crippen molar-refractivity contribution >= 4 is 29.3 Å². The van der Waals surface area contributed by atoms with E-state index in [1.165, 1.54) is 18.4 Å². The molecular weight excluding hydrogens is 496 g/mol. The molecule has 1 aromatic heterocycles. The first-order valence-electron chi connectivity index (χ1n) is 12.3. The molecule has 0 spiro atoms. The zero-order valence-electron chi connectivity index (χ0n) is 21.4. The first-order valence-corrected chi connectivity index (χ1v) is 12.3. The summed E-state index contributed by atoms with van der Waals surface area (Å²) >= 11 is 0. The normalized spacial score (nSPS) is 11.4. The number of nitrogens with two attached hydrogens (primary N) is 1. The molecule has 2 amide bonds. The van der Waals surface area contributed by atoms with Gasteiger partial charge in [0, 0.05) is 34.0 Å². The van der Waals surface area contributed by atoms with E-state index in [9.17, 15) is 19.5 Å². The van der Waals surface area contributed by atoms with Crippen LogP contribution in [0.3, 0.4) is 0 Å². The van der Waals surface area contributed by atoms with Crippen molar-refractivity contribution in [1.29, 1.82) is 5.41 Å². The van der Waals surface area contributed by atoms with Gasteiger partial charge in [-0.05, 0) is 79.1 Å². The Balaban J connectivity index is 1.78. The number of amidine groups is 1. The molecule has 9 heteroatoms. The van der Waals surface area contributed by atoms with Crippen molar-refractivity contribution in [2.24, 2.45) is 5.73 Å². The Morgan fingerprint density at radius 2 is 1.59 bits per heavy atom. The maximum atomic E-state index is 13.5. The molecule has 6 N–H and O–H groups in total. The van der Waals surface area contributed by atoms with Gasteiger partial charge in [0.25, 0.3) is 11.8 Å². The number of carbonyl (C=O) groups excluding carboxylic acids is 2. The van der Waals surface area contributed by atoms with Crippen molar-refractivity contribution in [2.45, 2.75) is 26.3 Å². The zero-order chi connectivity index (χ0) is 28.1. The number of aromatic carboxylic acids is 1. The molecule has 9 nitrogen and oxygen atoms in total. The van der Waals surface area contributed by atoms with Crippen molar-refractivity contribution in [1.82, 2.24) is 5.32 Å². The molecule has 1 heterocycles. The van der Waals surface area contributed by atoms with Gasteiger partial charge in [0.05, 0.1) is 11.8 Å². The molecule has 0 saturated carbocycles. The van der Waals surface area contributed by atoms with E-state index in [0.717, 1.165) is 6.42 Å². The molecule has 0 radical (unpaired) electrons. The van der Waals surface area contributed by atoms with Crippen LogP contribution in [-0.4, -0.2) is 34.8 Å². The summed E-state index contributed by atoms with van der Waals surface area (Å²) in [6, 6.07) is 19.3. The number of anilines is 1. The fraction of sp³-hybridized carbons (Fsp3) is 0.133. The summed E-state index contributed by atoms with van der Waals surface area (Å²) < 4.78 is 5.50. The first kappa shape index (κ1) is 26.9. The summed E-state index contributed by atoms with van der Waals surface area (Å²) in [4.78, 5) is 38.5. The molecule has 1 atom stereocenters. The van der Waals surface area contributed by atoms with Gasteiger partial charge in [-0.1, -0.05) is 25.1 Å². The lowest BCUT2D eigenvalue weighted by molar-refractivity contribution is 0.0697. The molecule has 0 saturated heterocycles. The molecule has 0 fully saturated rings. The fourth-order valence-corrected chi connectivity index (χ4v) is 4.00. The van der Waals surface area contributed by atoms with Gasteiger partial charge in [0.1, 0.15) is 11.6 Å². The number of rotatable bonds is 9. The van der Waals surface area contributed by atoms with E-state index >= 15 is 0 Å². The van der Waals surface area contributed by atoms with E-state index in [2.05, 4.69) is 10.6 Å². The van der Waals surface area contributed by atoms with Crippen LogP contribution >= 0.6 is 0 Å². The van der Waals surface area contributed by atoms with Gasteiger partial charge in [-0.3, -0.25) is 15.0 Å². The average molecular weight is 525 g/mol. The molecule has 4 rings (SSSR count). The van der Waals surface area contributed by atoms with Gasteiger partial charge in [-0.15, -0.1) is 0 Å². The van der Waals surface area contributed by atoms with Gasteiger partial charge in [-0.2, -0.15) is 0 Å². The number of hydrogen-bond donors (Lipinski definition) is 5. The molecule has 0 aliphatic rings. The molecule has 4 aromatic rings. The summed E-state index contributed by atoms with van der Waals surface area (Å²) in [5.41, 5.74) is 8.08. The van der Waals surface area contributed by atoms with Crippen LogP contribution in [0.2, 0.25) is 0 Å². The van der Waals surface area contributed by atoms with Gasteiger partial charge in [-0.25, -0.2) is 4.79 Å². The Morgan fingerprint density at radius 1 is 0.923 bits per heavy atom. The molecule has 3 aromatic carbocycles. The van der Waals surface area contributed by atoms with Crippen molar-refractivity contribution in [3.8, 4) is 22.5 Å². The average Bonchev–Trinajstić information content (AvgIpc) is 3.47. The number of amides is 2. The predicted octanol–water partition coefficient (Wildman–Crippen LogP) is 5.38. The number of carboxylic acids is 1. The van der Waals surface area contributed by atoms with Crippen molar-refractivity contribution in [2.75, 3.05) is 5.32 Å². The Labute approximate surface area is 225 Å². The van der Waals surface area contributed by atoms with Crippen LogP contribution < -0.4 is 16.4 Å². The number of furan rings is 1. The predicted molar refractivity (Wildman–Crippen MR) is 149 cm³/mol. The van der Waals surface area contributed by atoms with Crippen LogP contribution in [0.4, 0.5) is 5.69 Å². The lowest BCUT2D eigenvalue weighted by Gasteiger charge is -2.16. The second-order valence-electron chi connectivity index (χ2n) is 9.03. The van der Waals surface area contributed by atoms with Crippen molar-refractivity contribution < 1.29 is 23.9 Å². The lowest BCUT2D eigenvalue weighted by atomic mass is 9.91. The van der Waals surface area contributed by atoms with Crippen molar-refractivity contribution in [3.63, 3.8) is 0 Å².